The molecule has 2 heterocycles. The number of carbonyl (C=O) groups is 9. The number of carbonyl (C=O) groups excluding carboxylic acids is 9. The molecule has 7 atom stereocenters. The molecule has 578 valence electrons. The average molecular weight is 1500 g/mol. The van der Waals surface area contributed by atoms with Crippen molar-refractivity contribution in [3.05, 3.63) is 209 Å². The first-order valence-electron chi connectivity index (χ1n) is 37.7. The molecule has 1 aromatic heterocycles. The number of phenols is 1. The van der Waals surface area contributed by atoms with Gasteiger partial charge in [0, 0.05) is 113 Å². The molecule has 0 bridgehead atoms. The second kappa shape index (κ2) is 43.5. The highest BCUT2D eigenvalue weighted by Crippen LogP contribution is 2.48. The molecule has 0 spiro atoms. The Morgan fingerprint density at radius 3 is 1.72 bits per heavy atom. The molecule has 1 aliphatic rings. The second-order valence-electron chi connectivity index (χ2n) is 28.6. The summed E-state index contributed by atoms with van der Waals surface area (Å²) in [5.41, 5.74) is 5.33. The van der Waals surface area contributed by atoms with E-state index in [2.05, 4.69) is 104 Å². The molecule has 7 aromatic rings. The number of ether oxygens (including phenoxy) is 4. The number of fused-ring (bicyclic) bond motifs is 1. The lowest BCUT2D eigenvalue weighted by molar-refractivity contribution is -0.143. The highest BCUT2D eigenvalue weighted by Gasteiger charge is 2.40. The second-order valence-corrected chi connectivity index (χ2v) is 29.9. The number of aliphatic hydroxyl groups excluding tert-OH is 1. The number of aromatic amines is 1. The van der Waals surface area contributed by atoms with Gasteiger partial charge in [0.1, 0.15) is 29.2 Å². The fraction of sp³-hybridized carbons (Fsp3) is 0.447. The smallest absolute Gasteiger partial charge is 0.407 e. The highest BCUT2D eigenvalue weighted by molar-refractivity contribution is 8.00. The van der Waals surface area contributed by atoms with Crippen molar-refractivity contribution in [1.29, 1.82) is 0 Å². The monoisotopic (exact) mass is 1500 g/mol. The van der Waals surface area contributed by atoms with Gasteiger partial charge in [-0.1, -0.05) is 158 Å². The Morgan fingerprint density at radius 2 is 1.10 bits per heavy atom. The third-order valence-corrected chi connectivity index (χ3v) is 20.6. The summed E-state index contributed by atoms with van der Waals surface area (Å²) in [7, 11) is 1.40. The largest absolute Gasteiger partial charge is 0.508 e. The number of ketones is 3. The highest BCUT2D eigenvalue weighted by atomic mass is 32.2. The van der Waals surface area contributed by atoms with Crippen molar-refractivity contribution in [2.45, 2.75) is 165 Å². The zero-order valence-corrected chi connectivity index (χ0v) is 63.6. The predicted octanol–water partition coefficient (Wildman–Crippen LogP) is 10.6. The number of aromatic nitrogens is 1. The number of amides is 6. The summed E-state index contributed by atoms with van der Waals surface area (Å²) in [5, 5.41) is 36.5. The Hall–Kier alpha value is -9.52. The average Bonchev–Trinajstić information content (AvgIpc) is 0.939. The van der Waals surface area contributed by atoms with Crippen molar-refractivity contribution in [2.75, 3.05) is 65.5 Å². The molecule has 8 N–H and O–H groups in total. The fourth-order valence-corrected chi connectivity index (χ4v) is 14.8. The summed E-state index contributed by atoms with van der Waals surface area (Å²) >= 11 is 1.75. The molecule has 0 radical (unpaired) electrons. The first kappa shape index (κ1) is 84.1. The first-order chi connectivity index (χ1) is 52.1. The minimum absolute atomic E-state index is 0.0216. The van der Waals surface area contributed by atoms with Crippen LogP contribution in [-0.4, -0.2) is 174 Å². The minimum Gasteiger partial charge on any atom is -0.508 e. The van der Waals surface area contributed by atoms with Crippen LogP contribution in [0.25, 0.3) is 10.9 Å². The lowest BCUT2D eigenvalue weighted by Crippen LogP contribution is -2.59. The maximum atomic E-state index is 15.3. The van der Waals surface area contributed by atoms with Crippen LogP contribution >= 0.6 is 11.8 Å². The van der Waals surface area contributed by atoms with Crippen LogP contribution in [0, 0.1) is 11.8 Å². The zero-order chi connectivity index (χ0) is 77.3. The van der Waals surface area contributed by atoms with Crippen molar-refractivity contribution in [3.8, 4) is 5.75 Å². The number of thioether (sulfide) groups is 1. The molecule has 108 heavy (non-hydrogen) atoms. The minimum atomic E-state index is -1.65. The summed E-state index contributed by atoms with van der Waals surface area (Å²) in [6.07, 6.45) is 1.06. The molecule has 0 saturated carbocycles. The van der Waals surface area contributed by atoms with E-state index in [1.54, 1.807) is 81.2 Å². The molecular formula is C85H107N7O15S. The van der Waals surface area contributed by atoms with Gasteiger partial charge in [0.2, 0.25) is 29.5 Å². The molecule has 1 fully saturated rings. The van der Waals surface area contributed by atoms with Crippen LogP contribution in [0.5, 0.6) is 5.75 Å². The maximum absolute atomic E-state index is 15.3. The molecule has 0 aliphatic carbocycles. The Balaban J connectivity index is 0.866. The van der Waals surface area contributed by atoms with Gasteiger partial charge in [-0.2, -0.15) is 0 Å². The van der Waals surface area contributed by atoms with Crippen LogP contribution in [-0.2, 0) is 81.3 Å². The number of rotatable bonds is 37. The van der Waals surface area contributed by atoms with Crippen LogP contribution in [0.15, 0.2) is 176 Å². The van der Waals surface area contributed by atoms with Crippen LogP contribution in [0.4, 0.5) is 4.79 Å². The summed E-state index contributed by atoms with van der Waals surface area (Å²) in [4.78, 5) is 134. The number of Topliss-reactive ketones (excluding diaryl/α,β-unsaturated/α-hetero) is 3. The van der Waals surface area contributed by atoms with Gasteiger partial charge in [0.05, 0.1) is 49.4 Å². The van der Waals surface area contributed by atoms with Gasteiger partial charge in [0.25, 0.3) is 0 Å². The van der Waals surface area contributed by atoms with E-state index in [1.807, 2.05) is 42.5 Å². The molecule has 1 saturated heterocycles. The molecule has 0 unspecified atom stereocenters. The number of phenolic OH excluding ortho intramolecular Hbond substituents is 1. The molecular weight excluding hydrogens is 1390 g/mol. The number of alkyl carbamates (subject to hydrolysis) is 1. The van der Waals surface area contributed by atoms with Gasteiger partial charge >= 0.3 is 6.09 Å². The van der Waals surface area contributed by atoms with Gasteiger partial charge in [-0.05, 0) is 124 Å². The van der Waals surface area contributed by atoms with Crippen LogP contribution in [0.3, 0.4) is 0 Å². The molecule has 6 amide bonds. The van der Waals surface area contributed by atoms with E-state index in [0.29, 0.717) is 107 Å². The summed E-state index contributed by atoms with van der Waals surface area (Å²) in [6, 6.07) is 47.9. The Kier molecular flexibility index (Phi) is 33.9. The maximum Gasteiger partial charge on any atom is 0.407 e. The number of aliphatic hydroxyl groups is 1. The van der Waals surface area contributed by atoms with Crippen LogP contribution in [0.2, 0.25) is 0 Å². The lowest BCUT2D eigenvalue weighted by atomic mass is 9.84. The number of hydrogen-bond donors (Lipinski definition) is 8. The van der Waals surface area contributed by atoms with Gasteiger partial charge in [-0.25, -0.2) is 4.79 Å². The normalized spacial score (nSPS) is 18.3. The molecule has 6 aromatic carbocycles. The van der Waals surface area contributed by atoms with Crippen molar-refractivity contribution in [1.82, 2.24) is 36.5 Å². The van der Waals surface area contributed by atoms with E-state index in [-0.39, 0.29) is 68.9 Å². The summed E-state index contributed by atoms with van der Waals surface area (Å²) in [6.45, 7) is 9.34. The van der Waals surface area contributed by atoms with Crippen LogP contribution < -0.4 is 26.6 Å². The molecule has 8 rings (SSSR count). The van der Waals surface area contributed by atoms with E-state index in [4.69, 9.17) is 18.9 Å². The number of hydrogen-bond acceptors (Lipinski definition) is 16. The third-order valence-electron chi connectivity index (χ3n) is 19.1. The quantitative estimate of drug-likeness (QED) is 0.0133. The number of H-pyrrole nitrogens is 1. The van der Waals surface area contributed by atoms with Gasteiger partial charge in [0.15, 0.2) is 11.6 Å². The van der Waals surface area contributed by atoms with E-state index in [0.717, 1.165) is 27.6 Å². The first-order valence-corrected chi connectivity index (χ1v) is 38.6. The Labute approximate surface area is 638 Å². The fourth-order valence-electron chi connectivity index (χ4n) is 13.3. The number of benzene rings is 6. The topological polar surface area (TPSA) is 310 Å². The Morgan fingerprint density at radius 1 is 0.556 bits per heavy atom. The predicted molar refractivity (Wildman–Crippen MR) is 417 cm³/mol. The van der Waals surface area contributed by atoms with Crippen molar-refractivity contribution < 1.29 is 72.3 Å². The van der Waals surface area contributed by atoms with Crippen molar-refractivity contribution >= 4 is 75.6 Å². The zero-order valence-electron chi connectivity index (χ0n) is 62.8. The van der Waals surface area contributed by atoms with Crippen LogP contribution in [0.1, 0.15) is 138 Å². The van der Waals surface area contributed by atoms with Crippen molar-refractivity contribution in [3.63, 3.8) is 0 Å². The molecule has 23 heteroatoms. The standard InChI is InChI=1S/C85H107N7O15S/c1-59(93)78-81(101)90-73(54-60-25-10-6-11-26-60)82(102)92(5)74(42-41-68(94)34-21-23-46-104-48-50-106-51-49-105-47-24-45-86-77(98)43-52-108-85(65-28-12-7-13-29-65,66-30-14-8-15-31-66)67-32-16-9-17-33-67)76(97)57-63(53-61-37-39-69(95)40-38-61)80(100)89-72(55-64-58-88-71-36-19-18-35-70(64)71)75(96)56-62(79(99)91-78)27-20-22-44-87-83(103)107-84(2,3)4/h6-19,25-26,28-33,35-40,58-59,62-63,72-74,78,88,93,95H,20-24,27,34,41-57H2,1-5H3,(H,86,98)(H,87,103)(H,89,100)(H,90,101)(H,91,99)/t59-,62-,63-,72-,73+,74+,78+/m1/s1. The molecule has 1 aliphatic heterocycles. The summed E-state index contributed by atoms with van der Waals surface area (Å²) < 4.78 is 22.2. The van der Waals surface area contributed by atoms with E-state index >= 15 is 19.2 Å². The van der Waals surface area contributed by atoms with E-state index in [1.165, 1.54) is 31.0 Å². The number of likely N-dealkylation sites (N-methyl/N-ethyl adjacent to an activating group) is 1. The third kappa shape index (κ3) is 26.7. The summed E-state index contributed by atoms with van der Waals surface area (Å²) in [5.74, 6) is -6.15. The van der Waals surface area contributed by atoms with Gasteiger partial charge < -0.3 is 65.6 Å². The number of nitrogens with zero attached hydrogens (tertiary/aromatic N) is 1. The lowest BCUT2D eigenvalue weighted by Gasteiger charge is -2.35. The number of aromatic hydroxyl groups is 1. The Bertz CT molecular complexity index is 3890. The van der Waals surface area contributed by atoms with E-state index in [9.17, 15) is 34.2 Å². The van der Waals surface area contributed by atoms with Gasteiger partial charge in [-0.15, -0.1) is 11.8 Å². The van der Waals surface area contributed by atoms with Crippen molar-refractivity contribution in [2.24, 2.45) is 11.8 Å². The van der Waals surface area contributed by atoms with E-state index < -0.39 is 107 Å². The number of nitrogens with one attached hydrogen (secondary N) is 6. The number of unbranched alkanes of at least 4 members (excludes halogenated alkanes) is 2. The number of para-hydroxylation sites is 1. The van der Waals surface area contributed by atoms with Gasteiger partial charge in [-0.3, -0.25) is 38.4 Å². The molecule has 22 nitrogen and oxygen atoms in total. The SMILES string of the molecule is C[C@@H](O)[C@@H]1NC(=O)[C@H](CCCCNC(=O)OC(C)(C)C)CC(=O)[C@@H](Cc2c[nH]c3ccccc23)NC(=O)[C@H](Cc2ccc(O)cc2)CC(=O)[C@H](CCC(=O)CCCCOCCOCCOCCCNC(=O)CCSC(c2ccccc2)(c2ccccc2)c2ccccc2)N(C)C(=O)[C@H](Cc2ccccc2)NC1=O.